The largest absolute Gasteiger partial charge is 0.370 e. The van der Waals surface area contributed by atoms with Crippen LogP contribution in [0.15, 0.2) is 18.5 Å². The van der Waals surface area contributed by atoms with Crippen LogP contribution in [0.4, 0.5) is 5.69 Å². The molecule has 2 N–H and O–H groups in total. The van der Waals surface area contributed by atoms with Gasteiger partial charge in [-0.2, -0.15) is 0 Å². The van der Waals surface area contributed by atoms with Crippen LogP contribution in [0, 0.1) is 11.8 Å². The zero-order chi connectivity index (χ0) is 11.0. The average Bonchev–Trinajstić information content (AvgIpc) is 2.89. The number of hydrogen-bond acceptors (Lipinski definition) is 3. The van der Waals surface area contributed by atoms with Gasteiger partial charge in [-0.25, -0.2) is 0 Å². The van der Waals surface area contributed by atoms with Crippen LogP contribution in [-0.4, -0.2) is 18.1 Å². The number of pyridine rings is 1. The monoisotopic (exact) mass is 217 g/mol. The van der Waals surface area contributed by atoms with E-state index >= 15 is 0 Å². The number of fused-ring (bicyclic) bond motifs is 1. The molecule has 0 bridgehead atoms. The van der Waals surface area contributed by atoms with E-state index in [1.54, 1.807) is 0 Å². The van der Waals surface area contributed by atoms with Crippen molar-refractivity contribution >= 4 is 5.69 Å². The van der Waals surface area contributed by atoms with Crippen molar-refractivity contribution in [3.05, 3.63) is 24.0 Å². The number of nitrogens with two attached hydrogens (primary N) is 1. The van der Waals surface area contributed by atoms with Crippen molar-refractivity contribution < 1.29 is 0 Å². The lowest BCUT2D eigenvalue weighted by molar-refractivity contribution is 0.494. The molecule has 3 heteroatoms. The predicted octanol–water partition coefficient (Wildman–Crippen LogP) is 1.78. The quantitative estimate of drug-likeness (QED) is 0.821. The first-order valence-electron chi connectivity index (χ1n) is 6.26. The van der Waals surface area contributed by atoms with Crippen molar-refractivity contribution in [1.29, 1.82) is 0 Å². The van der Waals surface area contributed by atoms with Gasteiger partial charge >= 0.3 is 0 Å². The molecule has 0 spiro atoms. The Morgan fingerprint density at radius 3 is 2.69 bits per heavy atom. The molecule has 1 saturated heterocycles. The van der Waals surface area contributed by atoms with Crippen LogP contribution in [-0.2, 0) is 6.54 Å². The van der Waals surface area contributed by atoms with E-state index in [0.29, 0.717) is 6.54 Å². The van der Waals surface area contributed by atoms with Gasteiger partial charge in [0.15, 0.2) is 0 Å². The van der Waals surface area contributed by atoms with Crippen molar-refractivity contribution in [3.8, 4) is 0 Å². The molecule has 1 aliphatic heterocycles. The number of nitrogens with zero attached hydrogens (tertiary/aromatic N) is 2. The molecular formula is C13H19N3. The second-order valence-electron chi connectivity index (χ2n) is 5.11. The second kappa shape index (κ2) is 4.06. The lowest BCUT2D eigenvalue weighted by Gasteiger charge is -2.19. The molecule has 86 valence electrons. The number of hydrogen-bond donors (Lipinski definition) is 1. The van der Waals surface area contributed by atoms with Crippen molar-refractivity contribution in [2.75, 3.05) is 18.0 Å². The van der Waals surface area contributed by atoms with E-state index in [2.05, 4.69) is 16.0 Å². The van der Waals surface area contributed by atoms with E-state index in [1.807, 2.05) is 12.4 Å². The molecule has 2 fully saturated rings. The minimum Gasteiger partial charge on any atom is -0.370 e. The van der Waals surface area contributed by atoms with Gasteiger partial charge in [0.05, 0.1) is 11.9 Å². The van der Waals surface area contributed by atoms with E-state index < -0.39 is 0 Å². The number of rotatable bonds is 2. The van der Waals surface area contributed by atoms with Gasteiger partial charge < -0.3 is 10.6 Å². The van der Waals surface area contributed by atoms with Gasteiger partial charge in [-0.1, -0.05) is 6.42 Å². The first-order valence-corrected chi connectivity index (χ1v) is 6.26. The molecule has 1 saturated carbocycles. The Labute approximate surface area is 96.7 Å². The van der Waals surface area contributed by atoms with E-state index in [4.69, 9.17) is 5.73 Å². The van der Waals surface area contributed by atoms with E-state index in [9.17, 15) is 0 Å². The highest BCUT2D eigenvalue weighted by molar-refractivity contribution is 5.47. The summed E-state index contributed by atoms with van der Waals surface area (Å²) in [6, 6.07) is 2.19. The summed E-state index contributed by atoms with van der Waals surface area (Å²) in [4.78, 5) is 6.76. The summed E-state index contributed by atoms with van der Waals surface area (Å²) in [6.07, 6.45) is 8.11. The molecule has 3 rings (SSSR count). The van der Waals surface area contributed by atoms with Gasteiger partial charge in [0.2, 0.25) is 0 Å². The van der Waals surface area contributed by atoms with Crippen LogP contribution in [0.2, 0.25) is 0 Å². The van der Waals surface area contributed by atoms with Crippen LogP contribution < -0.4 is 10.6 Å². The summed E-state index contributed by atoms with van der Waals surface area (Å²) in [5, 5.41) is 0. The fraction of sp³-hybridized carbons (Fsp3) is 0.615. The minimum absolute atomic E-state index is 0.585. The molecule has 0 aromatic carbocycles. The molecule has 2 atom stereocenters. The maximum absolute atomic E-state index is 5.65. The maximum Gasteiger partial charge on any atom is 0.0556 e. The molecular weight excluding hydrogens is 198 g/mol. The Morgan fingerprint density at radius 2 is 2.00 bits per heavy atom. The summed E-state index contributed by atoms with van der Waals surface area (Å²) in [5.41, 5.74) is 8.05. The Bertz CT molecular complexity index is 365. The van der Waals surface area contributed by atoms with Gasteiger partial charge in [0.25, 0.3) is 0 Å². The van der Waals surface area contributed by atoms with Crippen molar-refractivity contribution in [2.24, 2.45) is 17.6 Å². The molecule has 16 heavy (non-hydrogen) atoms. The average molecular weight is 217 g/mol. The Hall–Kier alpha value is -1.09. The maximum atomic E-state index is 5.65. The Kier molecular flexibility index (Phi) is 2.56. The Balaban J connectivity index is 1.78. The molecule has 1 aromatic rings. The molecule has 1 aliphatic carbocycles. The van der Waals surface area contributed by atoms with E-state index in [1.165, 1.54) is 38.0 Å². The standard InChI is InChI=1S/C13H19N3/c14-5-10-4-13(7-15-6-10)16-8-11-2-1-3-12(11)9-16/h4,6-7,11-12H,1-3,5,8-9,14H2/t11-,12-/m1/s1. The molecule has 0 unspecified atom stereocenters. The van der Waals surface area contributed by atoms with Crippen molar-refractivity contribution in [3.63, 3.8) is 0 Å². The molecule has 2 aliphatic rings. The van der Waals surface area contributed by atoms with Gasteiger partial charge in [-0.3, -0.25) is 4.98 Å². The second-order valence-corrected chi connectivity index (χ2v) is 5.11. The minimum atomic E-state index is 0.585. The first-order chi connectivity index (χ1) is 7.86. The highest BCUT2D eigenvalue weighted by atomic mass is 15.2. The zero-order valence-electron chi connectivity index (χ0n) is 9.60. The third kappa shape index (κ3) is 1.69. The topological polar surface area (TPSA) is 42.1 Å². The summed E-state index contributed by atoms with van der Waals surface area (Å²) in [7, 11) is 0. The third-order valence-corrected chi connectivity index (χ3v) is 4.11. The number of aromatic nitrogens is 1. The molecule has 1 aromatic heterocycles. The van der Waals surface area contributed by atoms with Gasteiger partial charge in [-0.05, 0) is 36.3 Å². The molecule has 0 amide bonds. The SMILES string of the molecule is NCc1cncc(N2C[C@H]3CCC[C@@H]3C2)c1. The summed E-state index contributed by atoms with van der Waals surface area (Å²) >= 11 is 0. The van der Waals surface area contributed by atoms with E-state index in [0.717, 1.165) is 17.4 Å². The highest BCUT2D eigenvalue weighted by Crippen LogP contribution is 2.39. The van der Waals surface area contributed by atoms with Crippen LogP contribution in [0.5, 0.6) is 0 Å². The lowest BCUT2D eigenvalue weighted by Crippen LogP contribution is -2.21. The van der Waals surface area contributed by atoms with Gasteiger partial charge in [0.1, 0.15) is 0 Å². The van der Waals surface area contributed by atoms with Gasteiger partial charge in [-0.15, -0.1) is 0 Å². The van der Waals surface area contributed by atoms with Gasteiger partial charge in [0, 0.05) is 25.8 Å². The number of anilines is 1. The van der Waals surface area contributed by atoms with Crippen LogP contribution in [0.3, 0.4) is 0 Å². The smallest absolute Gasteiger partial charge is 0.0556 e. The molecule has 0 radical (unpaired) electrons. The van der Waals surface area contributed by atoms with Crippen LogP contribution in [0.25, 0.3) is 0 Å². The van der Waals surface area contributed by atoms with E-state index in [-0.39, 0.29) is 0 Å². The fourth-order valence-electron chi connectivity index (χ4n) is 3.20. The highest BCUT2D eigenvalue weighted by Gasteiger charge is 2.36. The zero-order valence-corrected chi connectivity index (χ0v) is 9.60. The Morgan fingerprint density at radius 1 is 1.25 bits per heavy atom. The fourth-order valence-corrected chi connectivity index (χ4v) is 3.20. The van der Waals surface area contributed by atoms with Crippen molar-refractivity contribution in [1.82, 2.24) is 4.98 Å². The van der Waals surface area contributed by atoms with Crippen molar-refractivity contribution in [2.45, 2.75) is 25.8 Å². The summed E-state index contributed by atoms with van der Waals surface area (Å²) in [6.45, 7) is 3.03. The van der Waals surface area contributed by atoms with Crippen LogP contribution >= 0.6 is 0 Å². The normalized spacial score (nSPS) is 28.4. The lowest BCUT2D eigenvalue weighted by atomic mass is 10.0. The summed E-state index contributed by atoms with van der Waals surface area (Å²) < 4.78 is 0. The first kappa shape index (κ1) is 10.1. The third-order valence-electron chi connectivity index (χ3n) is 4.11. The predicted molar refractivity (Wildman–Crippen MR) is 65.2 cm³/mol. The molecule has 2 heterocycles. The summed E-state index contributed by atoms with van der Waals surface area (Å²) in [5.74, 6) is 1.86. The molecule has 3 nitrogen and oxygen atoms in total. The van der Waals surface area contributed by atoms with Crippen LogP contribution in [0.1, 0.15) is 24.8 Å².